The minimum atomic E-state index is -1.08. The van der Waals surface area contributed by atoms with Gasteiger partial charge in [0.15, 0.2) is 0 Å². The van der Waals surface area contributed by atoms with E-state index in [1.807, 2.05) is 19.9 Å². The average molecular weight is 447 g/mol. The van der Waals surface area contributed by atoms with Gasteiger partial charge >= 0.3 is 12.1 Å². The number of imide groups is 1. The van der Waals surface area contributed by atoms with Crippen molar-refractivity contribution in [2.45, 2.75) is 51.8 Å². The Balaban J connectivity index is 2.03. The first kappa shape index (κ1) is 24.8. The second-order valence-corrected chi connectivity index (χ2v) is 7.84. The van der Waals surface area contributed by atoms with E-state index in [0.717, 1.165) is 10.5 Å². The quantitative estimate of drug-likeness (QED) is 0.543. The summed E-state index contributed by atoms with van der Waals surface area (Å²) in [7, 11) is 1.20. The molecule has 1 aromatic carbocycles. The zero-order chi connectivity index (χ0) is 23.7. The topological polar surface area (TPSA) is 131 Å². The molecule has 0 saturated carbocycles. The van der Waals surface area contributed by atoms with Crippen molar-refractivity contribution in [2.75, 3.05) is 13.7 Å². The SMILES string of the molecule is COC(=O)CNC(=O)[C@@H](CC(C)C)NC(=O)[C@@H]1CCC(=O)N1C(=O)OCc1ccccc1. The number of hydrogen-bond donors (Lipinski definition) is 2. The van der Waals surface area contributed by atoms with Crippen LogP contribution in [0.25, 0.3) is 0 Å². The Labute approximate surface area is 186 Å². The van der Waals surface area contributed by atoms with Crippen molar-refractivity contribution >= 4 is 29.8 Å². The van der Waals surface area contributed by atoms with E-state index >= 15 is 0 Å². The van der Waals surface area contributed by atoms with Gasteiger partial charge in [-0.15, -0.1) is 0 Å². The summed E-state index contributed by atoms with van der Waals surface area (Å²) in [6, 6.07) is 6.93. The third-order valence-corrected chi connectivity index (χ3v) is 4.89. The lowest BCUT2D eigenvalue weighted by atomic mass is 10.0. The fourth-order valence-corrected chi connectivity index (χ4v) is 3.28. The number of nitrogens with one attached hydrogen (secondary N) is 2. The molecule has 0 aromatic heterocycles. The van der Waals surface area contributed by atoms with Crippen molar-refractivity contribution in [2.24, 2.45) is 5.92 Å². The Morgan fingerprint density at radius 3 is 2.47 bits per heavy atom. The average Bonchev–Trinajstić information content (AvgIpc) is 3.17. The van der Waals surface area contributed by atoms with E-state index in [2.05, 4.69) is 15.4 Å². The molecule has 0 unspecified atom stereocenters. The first-order chi connectivity index (χ1) is 15.2. The molecule has 2 atom stereocenters. The van der Waals surface area contributed by atoms with Gasteiger partial charge in [-0.2, -0.15) is 0 Å². The lowest BCUT2D eigenvalue weighted by Gasteiger charge is -2.25. The number of amides is 4. The number of carbonyl (C=O) groups is 5. The maximum Gasteiger partial charge on any atom is 0.417 e. The summed E-state index contributed by atoms with van der Waals surface area (Å²) in [4.78, 5) is 62.3. The van der Waals surface area contributed by atoms with E-state index in [9.17, 15) is 24.0 Å². The molecule has 0 aliphatic carbocycles. The molecule has 2 N–H and O–H groups in total. The lowest BCUT2D eigenvalue weighted by Crippen LogP contribution is -2.54. The van der Waals surface area contributed by atoms with Crippen LogP contribution in [0.1, 0.15) is 38.7 Å². The maximum atomic E-state index is 12.9. The third-order valence-electron chi connectivity index (χ3n) is 4.89. The van der Waals surface area contributed by atoms with Crippen LogP contribution in [-0.4, -0.2) is 60.4 Å². The molecule has 174 valence electrons. The Morgan fingerprint density at radius 1 is 1.16 bits per heavy atom. The zero-order valence-electron chi connectivity index (χ0n) is 18.5. The lowest BCUT2D eigenvalue weighted by molar-refractivity contribution is -0.141. The highest BCUT2D eigenvalue weighted by atomic mass is 16.6. The standard InChI is InChI=1S/C22H29N3O7/c1-14(2)11-16(20(28)23-12-19(27)31-3)24-21(29)17-9-10-18(26)25(17)22(30)32-13-15-7-5-4-6-8-15/h4-8,14,16-17H,9-13H2,1-3H3,(H,23,28)(H,24,29)/t16-,17+/m1/s1. The van der Waals surface area contributed by atoms with Crippen molar-refractivity contribution in [3.63, 3.8) is 0 Å². The van der Waals surface area contributed by atoms with Gasteiger partial charge in [0.25, 0.3) is 0 Å². The van der Waals surface area contributed by atoms with E-state index in [4.69, 9.17) is 4.74 Å². The number of nitrogens with zero attached hydrogens (tertiary/aromatic N) is 1. The van der Waals surface area contributed by atoms with Crippen LogP contribution in [0.4, 0.5) is 4.79 Å². The highest BCUT2D eigenvalue weighted by Gasteiger charge is 2.42. The largest absolute Gasteiger partial charge is 0.468 e. The molecular weight excluding hydrogens is 418 g/mol. The van der Waals surface area contributed by atoms with Crippen LogP contribution in [0.5, 0.6) is 0 Å². The number of likely N-dealkylation sites (tertiary alicyclic amines) is 1. The number of ether oxygens (including phenoxy) is 2. The van der Waals surface area contributed by atoms with Crippen molar-refractivity contribution < 1.29 is 33.4 Å². The number of rotatable bonds is 9. The van der Waals surface area contributed by atoms with Crippen molar-refractivity contribution in [1.29, 1.82) is 0 Å². The van der Waals surface area contributed by atoms with Crippen LogP contribution in [0.3, 0.4) is 0 Å². The normalized spacial score (nSPS) is 16.4. The maximum absolute atomic E-state index is 12.9. The van der Waals surface area contributed by atoms with Crippen LogP contribution >= 0.6 is 0 Å². The molecule has 0 bridgehead atoms. The van der Waals surface area contributed by atoms with Gasteiger partial charge in [0.2, 0.25) is 17.7 Å². The molecule has 1 aliphatic rings. The van der Waals surface area contributed by atoms with Gasteiger partial charge in [-0.25, -0.2) is 9.69 Å². The predicted octanol–water partition coefficient (Wildman–Crippen LogP) is 1.13. The van der Waals surface area contributed by atoms with Gasteiger partial charge in [-0.3, -0.25) is 19.2 Å². The Hall–Kier alpha value is -3.43. The number of carbonyl (C=O) groups excluding carboxylic acids is 5. The number of methoxy groups -OCH3 is 1. The van der Waals surface area contributed by atoms with Gasteiger partial charge in [-0.1, -0.05) is 44.2 Å². The van der Waals surface area contributed by atoms with Crippen molar-refractivity contribution in [1.82, 2.24) is 15.5 Å². The van der Waals surface area contributed by atoms with Gasteiger partial charge < -0.3 is 20.1 Å². The van der Waals surface area contributed by atoms with Crippen LogP contribution in [0, 0.1) is 5.92 Å². The Bertz CT molecular complexity index is 841. The second kappa shape index (κ2) is 11.8. The van der Waals surface area contributed by atoms with E-state index in [0.29, 0.717) is 6.42 Å². The molecule has 1 fully saturated rings. The summed E-state index contributed by atoms with van der Waals surface area (Å²) in [5, 5.41) is 5.02. The fraction of sp³-hybridized carbons (Fsp3) is 0.500. The van der Waals surface area contributed by atoms with E-state index in [1.165, 1.54) is 7.11 Å². The van der Waals surface area contributed by atoms with E-state index in [-0.39, 0.29) is 31.9 Å². The third kappa shape index (κ3) is 7.07. The van der Waals surface area contributed by atoms with Crippen LogP contribution in [-0.2, 0) is 35.3 Å². The smallest absolute Gasteiger partial charge is 0.417 e. The highest BCUT2D eigenvalue weighted by Crippen LogP contribution is 2.21. The molecule has 1 heterocycles. The summed E-state index contributed by atoms with van der Waals surface area (Å²) in [5.41, 5.74) is 0.743. The molecule has 4 amide bonds. The summed E-state index contributed by atoms with van der Waals surface area (Å²) < 4.78 is 9.71. The molecule has 0 spiro atoms. The summed E-state index contributed by atoms with van der Waals surface area (Å²) in [6.07, 6.45) is -0.463. The highest BCUT2D eigenvalue weighted by molar-refractivity contribution is 6.01. The molecule has 10 nitrogen and oxygen atoms in total. The van der Waals surface area contributed by atoms with Crippen molar-refractivity contribution in [3.8, 4) is 0 Å². The predicted molar refractivity (Wildman–Crippen MR) is 113 cm³/mol. The molecule has 10 heteroatoms. The van der Waals surface area contributed by atoms with Gasteiger partial charge in [0, 0.05) is 6.42 Å². The van der Waals surface area contributed by atoms with E-state index in [1.54, 1.807) is 24.3 Å². The summed E-state index contributed by atoms with van der Waals surface area (Å²) in [5.74, 6) is -2.27. The minimum absolute atomic E-state index is 0.0158. The van der Waals surface area contributed by atoms with Gasteiger partial charge in [-0.05, 0) is 24.3 Å². The molecular formula is C22H29N3O7. The molecule has 0 radical (unpaired) electrons. The molecule has 2 rings (SSSR count). The molecule has 1 aliphatic heterocycles. The van der Waals surface area contributed by atoms with Crippen LogP contribution in [0.2, 0.25) is 0 Å². The number of hydrogen-bond acceptors (Lipinski definition) is 7. The van der Waals surface area contributed by atoms with Crippen LogP contribution < -0.4 is 10.6 Å². The minimum Gasteiger partial charge on any atom is -0.468 e. The van der Waals surface area contributed by atoms with Gasteiger partial charge in [0.05, 0.1) is 7.11 Å². The van der Waals surface area contributed by atoms with Crippen LogP contribution in [0.15, 0.2) is 30.3 Å². The second-order valence-electron chi connectivity index (χ2n) is 7.84. The molecule has 1 aromatic rings. The molecule has 32 heavy (non-hydrogen) atoms. The molecule has 1 saturated heterocycles. The Morgan fingerprint density at radius 2 is 1.84 bits per heavy atom. The zero-order valence-corrected chi connectivity index (χ0v) is 18.5. The Kier molecular flexibility index (Phi) is 9.18. The summed E-state index contributed by atoms with van der Waals surface area (Å²) in [6.45, 7) is 3.38. The van der Waals surface area contributed by atoms with Gasteiger partial charge in [0.1, 0.15) is 25.2 Å². The van der Waals surface area contributed by atoms with E-state index < -0.39 is 41.9 Å². The number of benzene rings is 1. The number of esters is 1. The first-order valence-electron chi connectivity index (χ1n) is 10.4. The first-order valence-corrected chi connectivity index (χ1v) is 10.4. The summed E-state index contributed by atoms with van der Waals surface area (Å²) >= 11 is 0. The van der Waals surface area contributed by atoms with Crippen molar-refractivity contribution in [3.05, 3.63) is 35.9 Å². The monoisotopic (exact) mass is 447 g/mol. The fourth-order valence-electron chi connectivity index (χ4n) is 3.28.